The van der Waals surface area contributed by atoms with Crippen molar-refractivity contribution in [3.05, 3.63) is 42.5 Å². The first-order valence-electron chi connectivity index (χ1n) is 10.7. The van der Waals surface area contributed by atoms with Crippen LogP contribution in [0.2, 0.25) is 0 Å². The number of para-hydroxylation sites is 1. The van der Waals surface area contributed by atoms with Crippen LogP contribution in [0, 0.1) is 0 Å². The molecule has 1 aromatic carbocycles. The topological polar surface area (TPSA) is 198 Å². The lowest BCUT2D eigenvalue weighted by Gasteiger charge is -2.16. The number of aliphatic hydroxyl groups excluding tert-OH is 2. The minimum Gasteiger partial charge on any atom is -0.507 e. The van der Waals surface area contributed by atoms with Gasteiger partial charge in [0.2, 0.25) is 0 Å². The molecule has 1 amide bonds. The van der Waals surface area contributed by atoms with E-state index in [0.717, 1.165) is 12.8 Å². The summed E-state index contributed by atoms with van der Waals surface area (Å²) in [6.45, 7) is -0.700. The number of ether oxygens (including phenoxy) is 1. The monoisotopic (exact) mass is 506 g/mol. The van der Waals surface area contributed by atoms with Crippen molar-refractivity contribution in [1.29, 1.82) is 0 Å². The Morgan fingerprint density at radius 1 is 1.17 bits per heavy atom. The second-order valence-electron chi connectivity index (χ2n) is 8.20. The number of phenols is 1. The highest BCUT2D eigenvalue weighted by Gasteiger charge is 2.45. The number of fused-ring (bicyclic) bond motifs is 1. The molecule has 4 atom stereocenters. The minimum absolute atomic E-state index is 0.267. The first kappa shape index (κ1) is 23.4. The fourth-order valence-electron chi connectivity index (χ4n) is 3.68. The van der Waals surface area contributed by atoms with Gasteiger partial charge in [-0.2, -0.15) is 8.42 Å². The molecular weight excluding hydrogens is 484 g/mol. The summed E-state index contributed by atoms with van der Waals surface area (Å²) in [5.74, 6) is -0.975. The van der Waals surface area contributed by atoms with Gasteiger partial charge < -0.3 is 25.4 Å². The number of hydrogen-bond acceptors (Lipinski definition) is 12. The van der Waals surface area contributed by atoms with Gasteiger partial charge in [-0.3, -0.25) is 13.5 Å². The molecule has 0 spiro atoms. The van der Waals surface area contributed by atoms with Gasteiger partial charge in [0, 0.05) is 6.04 Å². The lowest BCUT2D eigenvalue weighted by atomic mass is 10.1. The molecule has 0 unspecified atom stereocenters. The zero-order chi connectivity index (χ0) is 24.7. The van der Waals surface area contributed by atoms with E-state index in [1.807, 2.05) is 0 Å². The number of hydrogen-bond donors (Lipinski definition) is 5. The predicted octanol–water partition coefficient (Wildman–Crippen LogP) is -0.583. The first-order chi connectivity index (χ1) is 16.7. The zero-order valence-corrected chi connectivity index (χ0v) is 18.9. The summed E-state index contributed by atoms with van der Waals surface area (Å²) in [5.41, 5.74) is 0.541. The number of aromatic hydroxyl groups is 1. The molecule has 14 nitrogen and oxygen atoms in total. The highest BCUT2D eigenvalue weighted by atomic mass is 32.2. The van der Waals surface area contributed by atoms with Gasteiger partial charge in [-0.1, -0.05) is 12.1 Å². The van der Waals surface area contributed by atoms with E-state index in [4.69, 9.17) is 8.92 Å². The highest BCUT2D eigenvalue weighted by molar-refractivity contribution is 7.85. The van der Waals surface area contributed by atoms with Crippen LogP contribution in [0.4, 0.5) is 5.82 Å². The van der Waals surface area contributed by atoms with E-state index in [1.54, 1.807) is 4.72 Å². The molecule has 2 fully saturated rings. The third-order valence-electron chi connectivity index (χ3n) is 5.64. The Balaban J connectivity index is 1.26. The van der Waals surface area contributed by atoms with Crippen LogP contribution in [0.25, 0.3) is 11.2 Å². The average molecular weight is 506 g/mol. The number of carbonyl (C=O) groups excluding carboxylic acids is 1. The molecule has 5 N–H and O–H groups in total. The number of carbonyl (C=O) groups is 1. The van der Waals surface area contributed by atoms with Crippen LogP contribution >= 0.6 is 0 Å². The maximum Gasteiger partial charge on any atom is 0.362 e. The second-order valence-corrected chi connectivity index (χ2v) is 9.55. The molecule has 0 bridgehead atoms. The number of aromatic nitrogens is 4. The van der Waals surface area contributed by atoms with E-state index < -0.39 is 53.1 Å². The SMILES string of the molecule is O=C(NS(=O)(=O)OC[C@H]1O[C@@H](n2cnc3c(NC4CC4)ncnc32)[C@H](O)[C@@H]1O)c1ccccc1O. The Morgan fingerprint density at radius 3 is 2.69 bits per heavy atom. The molecule has 2 aromatic heterocycles. The van der Waals surface area contributed by atoms with Gasteiger partial charge in [-0.15, -0.1) is 0 Å². The molecule has 3 aromatic rings. The summed E-state index contributed by atoms with van der Waals surface area (Å²) in [6.07, 6.45) is -0.572. The van der Waals surface area contributed by atoms with Gasteiger partial charge in [0.15, 0.2) is 23.2 Å². The van der Waals surface area contributed by atoms with Crippen molar-refractivity contribution in [1.82, 2.24) is 24.2 Å². The van der Waals surface area contributed by atoms with Gasteiger partial charge in [0.1, 0.15) is 30.4 Å². The Morgan fingerprint density at radius 2 is 1.94 bits per heavy atom. The quantitative estimate of drug-likeness (QED) is 0.261. The number of benzene rings is 1. The van der Waals surface area contributed by atoms with E-state index in [2.05, 4.69) is 20.3 Å². The molecule has 2 aliphatic rings. The van der Waals surface area contributed by atoms with E-state index in [9.17, 15) is 28.5 Å². The molecule has 186 valence electrons. The minimum atomic E-state index is -4.62. The van der Waals surface area contributed by atoms with Crippen molar-refractivity contribution in [2.45, 2.75) is 43.4 Å². The number of aliphatic hydroxyl groups is 2. The third-order valence-corrected chi connectivity index (χ3v) is 6.52. The predicted molar refractivity (Wildman–Crippen MR) is 118 cm³/mol. The van der Waals surface area contributed by atoms with Crippen molar-refractivity contribution in [2.24, 2.45) is 0 Å². The molecule has 1 saturated carbocycles. The highest BCUT2D eigenvalue weighted by Crippen LogP contribution is 2.33. The maximum absolute atomic E-state index is 12.2. The Hall–Kier alpha value is -3.37. The summed E-state index contributed by atoms with van der Waals surface area (Å²) in [6, 6.07) is 5.69. The lowest BCUT2D eigenvalue weighted by Crippen LogP contribution is -2.37. The molecule has 0 radical (unpaired) electrons. The van der Waals surface area contributed by atoms with Crippen LogP contribution in [0.1, 0.15) is 29.4 Å². The van der Waals surface area contributed by atoms with Crippen LogP contribution in [-0.4, -0.2) is 80.1 Å². The molecular formula is C20H22N6O8S. The number of phenolic OH excluding ortho intramolecular Hbond substituents is 1. The number of nitrogens with one attached hydrogen (secondary N) is 2. The van der Waals surface area contributed by atoms with Gasteiger partial charge >= 0.3 is 10.3 Å². The van der Waals surface area contributed by atoms with E-state index in [-0.39, 0.29) is 5.56 Å². The van der Waals surface area contributed by atoms with Crippen LogP contribution < -0.4 is 10.0 Å². The molecule has 15 heteroatoms. The number of anilines is 1. The Labute approximate surface area is 198 Å². The Kier molecular flexibility index (Phi) is 6.02. The smallest absolute Gasteiger partial charge is 0.362 e. The summed E-state index contributed by atoms with van der Waals surface area (Å²) >= 11 is 0. The molecule has 1 aliphatic heterocycles. The van der Waals surface area contributed by atoms with Crippen LogP contribution in [0.3, 0.4) is 0 Å². The normalized spacial score (nSPS) is 24.5. The van der Waals surface area contributed by atoms with Crippen LogP contribution in [0.15, 0.2) is 36.9 Å². The largest absolute Gasteiger partial charge is 0.507 e. The third kappa shape index (κ3) is 4.76. The second kappa shape index (κ2) is 9.01. The molecule has 1 saturated heterocycles. The van der Waals surface area contributed by atoms with Gasteiger partial charge in [0.25, 0.3) is 5.91 Å². The lowest BCUT2D eigenvalue weighted by molar-refractivity contribution is -0.0468. The first-order valence-corrected chi connectivity index (χ1v) is 12.1. The van der Waals surface area contributed by atoms with Gasteiger partial charge in [-0.25, -0.2) is 19.7 Å². The number of amides is 1. The number of rotatable bonds is 8. The van der Waals surface area contributed by atoms with Crippen molar-refractivity contribution in [2.75, 3.05) is 11.9 Å². The molecule has 3 heterocycles. The van der Waals surface area contributed by atoms with Gasteiger partial charge in [0.05, 0.1) is 18.5 Å². The number of imidazole rings is 1. The van der Waals surface area contributed by atoms with E-state index in [0.29, 0.717) is 23.0 Å². The summed E-state index contributed by atoms with van der Waals surface area (Å²) in [5, 5.41) is 33.9. The summed E-state index contributed by atoms with van der Waals surface area (Å²) < 4.78 is 38.0. The summed E-state index contributed by atoms with van der Waals surface area (Å²) in [4.78, 5) is 24.8. The van der Waals surface area contributed by atoms with E-state index in [1.165, 1.54) is 41.5 Å². The molecule has 35 heavy (non-hydrogen) atoms. The van der Waals surface area contributed by atoms with Crippen LogP contribution in [0.5, 0.6) is 5.75 Å². The molecule has 5 rings (SSSR count). The average Bonchev–Trinajstić information content (AvgIpc) is 3.46. The van der Waals surface area contributed by atoms with E-state index >= 15 is 0 Å². The maximum atomic E-state index is 12.2. The molecule has 1 aliphatic carbocycles. The zero-order valence-electron chi connectivity index (χ0n) is 18.1. The standard InChI is InChI=1S/C20H22N6O8S/c27-12-4-2-1-3-11(12)19(30)25-35(31,32)33-7-13-15(28)16(29)20(34-13)26-9-23-14-17(24-10-5-6-10)21-8-22-18(14)26/h1-4,8-10,13,15-16,20,27-29H,5-7H2,(H,25,30)(H,21,22,24)/t13-,15-,16-,20-/m1/s1. The van der Waals surface area contributed by atoms with Crippen molar-refractivity contribution < 1.29 is 37.5 Å². The summed E-state index contributed by atoms with van der Waals surface area (Å²) in [7, 11) is -4.62. The van der Waals surface area contributed by atoms with Crippen molar-refractivity contribution >= 4 is 33.2 Å². The Bertz CT molecular complexity index is 1360. The fourth-order valence-corrected chi connectivity index (χ4v) is 4.39. The van der Waals surface area contributed by atoms with Crippen LogP contribution in [-0.2, 0) is 19.2 Å². The number of nitrogens with zero attached hydrogens (tertiary/aromatic N) is 4. The van der Waals surface area contributed by atoms with Crippen molar-refractivity contribution in [3.63, 3.8) is 0 Å². The van der Waals surface area contributed by atoms with Gasteiger partial charge in [-0.05, 0) is 25.0 Å². The fraction of sp³-hybridized carbons (Fsp3) is 0.400. The van der Waals surface area contributed by atoms with Crippen molar-refractivity contribution in [3.8, 4) is 5.75 Å².